The maximum absolute atomic E-state index is 5.47. The zero-order chi connectivity index (χ0) is 11.0. The molecule has 1 aliphatic rings. The first-order chi connectivity index (χ1) is 7.84. The zero-order valence-electron chi connectivity index (χ0n) is 8.69. The van der Waals surface area contributed by atoms with Crippen LogP contribution in [0.3, 0.4) is 0 Å². The van der Waals surface area contributed by atoms with Gasteiger partial charge in [0.25, 0.3) is 0 Å². The van der Waals surface area contributed by atoms with Crippen molar-refractivity contribution in [3.8, 4) is 5.69 Å². The zero-order valence-corrected chi connectivity index (χ0v) is 10.3. The van der Waals surface area contributed by atoms with Crippen LogP contribution in [-0.4, -0.2) is 16.4 Å². The summed E-state index contributed by atoms with van der Waals surface area (Å²) in [7, 11) is 0. The lowest BCUT2D eigenvalue weighted by molar-refractivity contribution is 0.106. The molecule has 0 atom stereocenters. The molecule has 16 heavy (non-hydrogen) atoms. The summed E-state index contributed by atoms with van der Waals surface area (Å²) >= 11 is 3.43. The molecule has 2 heterocycles. The third kappa shape index (κ3) is 1.68. The second-order valence-corrected chi connectivity index (χ2v) is 4.72. The molecular weight excluding hydrogens is 268 g/mol. The van der Waals surface area contributed by atoms with Gasteiger partial charge in [0.15, 0.2) is 0 Å². The fourth-order valence-corrected chi connectivity index (χ4v) is 2.19. The van der Waals surface area contributed by atoms with E-state index in [1.165, 1.54) is 11.3 Å². The van der Waals surface area contributed by atoms with Crippen molar-refractivity contribution in [2.75, 3.05) is 6.61 Å². The highest BCUT2D eigenvalue weighted by molar-refractivity contribution is 9.10. The number of benzene rings is 1. The average Bonchev–Trinajstić information content (AvgIpc) is 2.74. The number of ether oxygens (including phenoxy) is 1. The number of nitrogens with zero attached hydrogens (tertiary/aromatic N) is 2. The minimum atomic E-state index is 0.658. The van der Waals surface area contributed by atoms with Crippen LogP contribution in [0.1, 0.15) is 11.3 Å². The number of halogens is 1. The molecule has 0 amide bonds. The molecule has 0 spiro atoms. The highest BCUT2D eigenvalue weighted by atomic mass is 79.9. The quantitative estimate of drug-likeness (QED) is 0.802. The largest absolute Gasteiger partial charge is 0.375 e. The SMILES string of the molecule is Brc1ccc(-n2ncc3c2COCC3)cc1. The smallest absolute Gasteiger partial charge is 0.0892 e. The van der Waals surface area contributed by atoms with Crippen LogP contribution in [0, 0.1) is 0 Å². The van der Waals surface area contributed by atoms with Gasteiger partial charge in [-0.2, -0.15) is 5.10 Å². The highest BCUT2D eigenvalue weighted by Gasteiger charge is 2.15. The van der Waals surface area contributed by atoms with E-state index < -0.39 is 0 Å². The van der Waals surface area contributed by atoms with Gasteiger partial charge in [-0.1, -0.05) is 15.9 Å². The van der Waals surface area contributed by atoms with Gasteiger partial charge in [-0.25, -0.2) is 4.68 Å². The standard InChI is InChI=1S/C12H11BrN2O/c13-10-1-3-11(4-2-10)15-12-8-16-6-5-9(12)7-14-15/h1-4,7H,5-6,8H2. The van der Waals surface area contributed by atoms with Crippen molar-refractivity contribution in [1.29, 1.82) is 0 Å². The molecule has 1 aliphatic heterocycles. The molecule has 0 unspecified atom stereocenters. The van der Waals surface area contributed by atoms with E-state index in [4.69, 9.17) is 4.74 Å². The second kappa shape index (κ2) is 4.03. The molecule has 1 aromatic heterocycles. The number of fused-ring (bicyclic) bond motifs is 1. The first-order valence-corrected chi connectivity index (χ1v) is 6.03. The molecule has 3 rings (SSSR count). The van der Waals surface area contributed by atoms with Crippen molar-refractivity contribution in [3.63, 3.8) is 0 Å². The van der Waals surface area contributed by atoms with Gasteiger partial charge in [-0.3, -0.25) is 0 Å². The lowest BCUT2D eigenvalue weighted by Crippen LogP contribution is -2.12. The Hall–Kier alpha value is -1.13. The van der Waals surface area contributed by atoms with Crippen LogP contribution in [0.25, 0.3) is 5.69 Å². The third-order valence-corrected chi connectivity index (χ3v) is 3.31. The Morgan fingerprint density at radius 2 is 2.06 bits per heavy atom. The predicted octanol–water partition coefficient (Wildman–Crippen LogP) is 2.71. The highest BCUT2D eigenvalue weighted by Crippen LogP contribution is 2.21. The number of rotatable bonds is 1. The molecule has 1 aromatic carbocycles. The molecule has 4 heteroatoms. The molecular formula is C12H11BrN2O. The Morgan fingerprint density at radius 3 is 2.88 bits per heavy atom. The number of hydrogen-bond acceptors (Lipinski definition) is 2. The second-order valence-electron chi connectivity index (χ2n) is 3.81. The van der Waals surface area contributed by atoms with E-state index in [0.717, 1.165) is 23.2 Å². The predicted molar refractivity (Wildman–Crippen MR) is 64.6 cm³/mol. The first-order valence-electron chi connectivity index (χ1n) is 5.24. The summed E-state index contributed by atoms with van der Waals surface area (Å²) in [6, 6.07) is 8.14. The molecule has 2 aromatic rings. The van der Waals surface area contributed by atoms with Crippen LogP contribution >= 0.6 is 15.9 Å². The number of hydrogen-bond donors (Lipinski definition) is 0. The summed E-state index contributed by atoms with van der Waals surface area (Å²) in [5.74, 6) is 0. The lowest BCUT2D eigenvalue weighted by atomic mass is 10.1. The maximum Gasteiger partial charge on any atom is 0.0892 e. The van der Waals surface area contributed by atoms with E-state index in [2.05, 4.69) is 21.0 Å². The fraction of sp³-hybridized carbons (Fsp3) is 0.250. The van der Waals surface area contributed by atoms with Crippen LogP contribution < -0.4 is 0 Å². The van der Waals surface area contributed by atoms with Gasteiger partial charge in [0.05, 0.1) is 30.8 Å². The average molecular weight is 279 g/mol. The van der Waals surface area contributed by atoms with E-state index >= 15 is 0 Å². The molecule has 0 saturated heterocycles. The third-order valence-electron chi connectivity index (χ3n) is 2.78. The van der Waals surface area contributed by atoms with Crippen molar-refractivity contribution in [1.82, 2.24) is 9.78 Å². The summed E-state index contributed by atoms with van der Waals surface area (Å²) in [4.78, 5) is 0. The molecule has 0 saturated carbocycles. The van der Waals surface area contributed by atoms with E-state index in [1.54, 1.807) is 0 Å². The normalized spacial score (nSPS) is 14.8. The fourth-order valence-electron chi connectivity index (χ4n) is 1.93. The van der Waals surface area contributed by atoms with Crippen molar-refractivity contribution in [3.05, 3.63) is 46.2 Å². The topological polar surface area (TPSA) is 27.1 Å². The van der Waals surface area contributed by atoms with Gasteiger partial charge in [0.2, 0.25) is 0 Å². The van der Waals surface area contributed by atoms with Gasteiger partial charge in [0.1, 0.15) is 0 Å². The Balaban J connectivity index is 2.06. The summed E-state index contributed by atoms with van der Waals surface area (Å²) < 4.78 is 8.51. The molecule has 82 valence electrons. The minimum Gasteiger partial charge on any atom is -0.375 e. The van der Waals surface area contributed by atoms with Gasteiger partial charge in [-0.15, -0.1) is 0 Å². The molecule has 0 fully saturated rings. The van der Waals surface area contributed by atoms with Crippen LogP contribution in [0.4, 0.5) is 0 Å². The summed E-state index contributed by atoms with van der Waals surface area (Å²) in [6.07, 6.45) is 2.91. The summed E-state index contributed by atoms with van der Waals surface area (Å²) in [5.41, 5.74) is 3.55. The van der Waals surface area contributed by atoms with Crippen molar-refractivity contribution < 1.29 is 4.74 Å². The van der Waals surface area contributed by atoms with Crippen molar-refractivity contribution >= 4 is 15.9 Å². The Labute approximate surface area is 102 Å². The van der Waals surface area contributed by atoms with Gasteiger partial charge in [0, 0.05) is 4.47 Å². The molecule has 0 aliphatic carbocycles. The van der Waals surface area contributed by atoms with Gasteiger partial charge >= 0.3 is 0 Å². The molecule has 3 nitrogen and oxygen atoms in total. The lowest BCUT2D eigenvalue weighted by Gasteiger charge is -2.14. The van der Waals surface area contributed by atoms with E-state index in [-0.39, 0.29) is 0 Å². The maximum atomic E-state index is 5.47. The Bertz CT molecular complexity index is 504. The first kappa shape index (κ1) is 10.1. The molecule has 0 N–H and O–H groups in total. The number of aromatic nitrogens is 2. The van der Waals surface area contributed by atoms with Crippen LogP contribution in [0.15, 0.2) is 34.9 Å². The van der Waals surface area contributed by atoms with Crippen molar-refractivity contribution in [2.45, 2.75) is 13.0 Å². The van der Waals surface area contributed by atoms with Crippen LogP contribution in [0.5, 0.6) is 0 Å². The Kier molecular flexibility index (Phi) is 2.53. The molecule has 0 bridgehead atoms. The van der Waals surface area contributed by atoms with Crippen LogP contribution in [-0.2, 0) is 17.8 Å². The van der Waals surface area contributed by atoms with E-state index in [0.29, 0.717) is 6.61 Å². The van der Waals surface area contributed by atoms with E-state index in [9.17, 15) is 0 Å². The van der Waals surface area contributed by atoms with Crippen LogP contribution in [0.2, 0.25) is 0 Å². The van der Waals surface area contributed by atoms with E-state index in [1.807, 2.05) is 35.1 Å². The summed E-state index contributed by atoms with van der Waals surface area (Å²) in [6.45, 7) is 1.46. The van der Waals surface area contributed by atoms with Crippen molar-refractivity contribution in [2.24, 2.45) is 0 Å². The van der Waals surface area contributed by atoms with Gasteiger partial charge < -0.3 is 4.74 Å². The summed E-state index contributed by atoms with van der Waals surface area (Å²) in [5, 5.41) is 4.42. The van der Waals surface area contributed by atoms with Gasteiger partial charge in [-0.05, 0) is 36.2 Å². The monoisotopic (exact) mass is 278 g/mol. The molecule has 0 radical (unpaired) electrons. The Morgan fingerprint density at radius 1 is 1.25 bits per heavy atom. The minimum absolute atomic E-state index is 0.658.